The third kappa shape index (κ3) is 5.16. The molecular formula is C23H26ClN3O2S2. The van der Waals surface area contributed by atoms with Crippen LogP contribution in [0.15, 0.2) is 29.1 Å². The summed E-state index contributed by atoms with van der Waals surface area (Å²) in [6.45, 7) is 3.14. The Morgan fingerprint density at radius 2 is 2.10 bits per heavy atom. The number of H-pyrrole nitrogens is 1. The Morgan fingerprint density at radius 1 is 1.29 bits per heavy atom. The summed E-state index contributed by atoms with van der Waals surface area (Å²) in [5.41, 5.74) is 2.15. The molecule has 1 aromatic carbocycles. The molecular weight excluding hydrogens is 450 g/mol. The number of aryl methyl sites for hydroxylation is 2. The molecule has 8 heteroatoms. The number of carbonyl (C=O) groups is 1. The molecule has 31 heavy (non-hydrogen) atoms. The quantitative estimate of drug-likeness (QED) is 0.455. The summed E-state index contributed by atoms with van der Waals surface area (Å²) in [4.78, 5) is 36.9. The number of aromatic nitrogens is 2. The molecule has 0 saturated carbocycles. The predicted octanol–water partition coefficient (Wildman–Crippen LogP) is 5.19. The Morgan fingerprint density at radius 3 is 2.90 bits per heavy atom. The van der Waals surface area contributed by atoms with Gasteiger partial charge < -0.3 is 9.88 Å². The van der Waals surface area contributed by atoms with Gasteiger partial charge in [-0.15, -0.1) is 11.3 Å². The second kappa shape index (κ2) is 10.2. The fourth-order valence-corrected chi connectivity index (χ4v) is 6.24. The monoisotopic (exact) mass is 475 g/mol. The van der Waals surface area contributed by atoms with Gasteiger partial charge in [0.15, 0.2) is 0 Å². The van der Waals surface area contributed by atoms with Crippen molar-refractivity contribution in [2.45, 2.75) is 51.3 Å². The van der Waals surface area contributed by atoms with Crippen molar-refractivity contribution in [3.63, 3.8) is 0 Å². The topological polar surface area (TPSA) is 66.1 Å². The maximum atomic E-state index is 12.6. The summed E-state index contributed by atoms with van der Waals surface area (Å²) in [6.07, 6.45) is 4.83. The lowest BCUT2D eigenvalue weighted by molar-refractivity contribution is -0.131. The minimum Gasteiger partial charge on any atom is -0.339 e. The van der Waals surface area contributed by atoms with Gasteiger partial charge in [-0.25, -0.2) is 4.98 Å². The van der Waals surface area contributed by atoms with Crippen molar-refractivity contribution in [3.05, 3.63) is 61.5 Å². The normalized spacial score (nSPS) is 13.4. The predicted molar refractivity (Wildman–Crippen MR) is 130 cm³/mol. The van der Waals surface area contributed by atoms with Gasteiger partial charge in [0, 0.05) is 35.2 Å². The van der Waals surface area contributed by atoms with E-state index in [-0.39, 0.29) is 11.5 Å². The average Bonchev–Trinajstić information content (AvgIpc) is 3.15. The van der Waals surface area contributed by atoms with E-state index in [9.17, 15) is 9.59 Å². The first-order valence-electron chi connectivity index (χ1n) is 10.7. The molecule has 0 unspecified atom stereocenters. The zero-order valence-electron chi connectivity index (χ0n) is 17.6. The number of thioether (sulfide) groups is 1. The molecule has 1 amide bonds. The molecule has 1 aliphatic carbocycles. The summed E-state index contributed by atoms with van der Waals surface area (Å²) in [7, 11) is 0. The summed E-state index contributed by atoms with van der Waals surface area (Å²) in [5.74, 6) is 2.08. The van der Waals surface area contributed by atoms with Crippen LogP contribution in [-0.2, 0) is 29.9 Å². The molecule has 2 heterocycles. The van der Waals surface area contributed by atoms with Gasteiger partial charge in [0.05, 0.1) is 11.1 Å². The number of rotatable bonds is 8. The number of hydrogen-bond acceptors (Lipinski definition) is 5. The van der Waals surface area contributed by atoms with E-state index in [0.29, 0.717) is 41.9 Å². The maximum absolute atomic E-state index is 12.6. The summed E-state index contributed by atoms with van der Waals surface area (Å²) < 4.78 is 0. The Labute approximate surface area is 195 Å². The Hall–Kier alpha value is -1.83. The van der Waals surface area contributed by atoms with Gasteiger partial charge in [-0.2, -0.15) is 11.8 Å². The van der Waals surface area contributed by atoms with Crippen LogP contribution in [0.3, 0.4) is 0 Å². The van der Waals surface area contributed by atoms with E-state index in [1.807, 2.05) is 36.1 Å². The van der Waals surface area contributed by atoms with E-state index in [2.05, 4.69) is 4.98 Å². The second-order valence-corrected chi connectivity index (χ2v) is 10.3. The Balaban J connectivity index is 1.33. The molecule has 0 bridgehead atoms. The lowest BCUT2D eigenvalue weighted by atomic mass is 9.97. The third-order valence-electron chi connectivity index (χ3n) is 5.63. The van der Waals surface area contributed by atoms with Gasteiger partial charge in [-0.1, -0.05) is 29.8 Å². The van der Waals surface area contributed by atoms with Crippen molar-refractivity contribution in [2.24, 2.45) is 0 Å². The highest BCUT2D eigenvalue weighted by molar-refractivity contribution is 7.98. The standard InChI is InChI=1S/C23H26ClN3O2S2/c1-2-27(13-15-7-3-5-9-17(15)24)20(28)11-12-30-14-19-25-22(29)21-16-8-4-6-10-18(16)31-23(21)26-19/h3,5,7,9H,2,4,6,8,10-14H2,1H3,(H,25,26,29). The second-order valence-electron chi connectivity index (χ2n) is 7.71. The first kappa shape index (κ1) is 22.4. The number of carbonyl (C=O) groups excluding carboxylic acids is 1. The summed E-state index contributed by atoms with van der Waals surface area (Å²) in [5, 5.41) is 1.48. The van der Waals surface area contributed by atoms with Gasteiger partial charge in [0.25, 0.3) is 5.56 Å². The average molecular weight is 476 g/mol. The molecule has 0 radical (unpaired) electrons. The third-order valence-corrected chi connectivity index (χ3v) is 8.15. The molecule has 1 aliphatic rings. The van der Waals surface area contributed by atoms with E-state index in [0.717, 1.165) is 35.0 Å². The Bertz CT molecular complexity index is 1140. The van der Waals surface area contributed by atoms with E-state index >= 15 is 0 Å². The number of hydrogen-bond donors (Lipinski definition) is 1. The molecule has 3 aromatic rings. The van der Waals surface area contributed by atoms with Crippen molar-refractivity contribution in [2.75, 3.05) is 12.3 Å². The number of nitrogens with zero attached hydrogens (tertiary/aromatic N) is 2. The van der Waals surface area contributed by atoms with E-state index in [1.54, 1.807) is 23.1 Å². The number of benzene rings is 1. The SMILES string of the molecule is CCN(Cc1ccccc1Cl)C(=O)CCSCc1nc2sc3c(c2c(=O)[nH]1)CCCC3. The van der Waals surface area contributed by atoms with Crippen LogP contribution in [-0.4, -0.2) is 33.1 Å². The van der Waals surface area contributed by atoms with Gasteiger partial charge in [-0.05, 0) is 49.8 Å². The van der Waals surface area contributed by atoms with Gasteiger partial charge in [0.2, 0.25) is 5.91 Å². The molecule has 0 atom stereocenters. The fourth-order valence-electron chi connectivity index (χ4n) is 3.97. The molecule has 4 rings (SSSR count). The molecule has 2 aromatic heterocycles. The van der Waals surface area contributed by atoms with Gasteiger partial charge >= 0.3 is 0 Å². The van der Waals surface area contributed by atoms with Gasteiger partial charge in [-0.3, -0.25) is 9.59 Å². The first-order chi connectivity index (χ1) is 15.1. The van der Waals surface area contributed by atoms with E-state index in [4.69, 9.17) is 16.6 Å². The van der Waals surface area contributed by atoms with Crippen molar-refractivity contribution in [3.8, 4) is 0 Å². The molecule has 164 valence electrons. The summed E-state index contributed by atoms with van der Waals surface area (Å²) in [6, 6.07) is 7.62. The fraction of sp³-hybridized carbons (Fsp3) is 0.435. The smallest absolute Gasteiger partial charge is 0.259 e. The number of thiophene rings is 1. The zero-order chi connectivity index (χ0) is 21.8. The zero-order valence-corrected chi connectivity index (χ0v) is 20.0. The van der Waals surface area contributed by atoms with Crippen LogP contribution in [0.2, 0.25) is 5.02 Å². The number of fused-ring (bicyclic) bond motifs is 3. The molecule has 0 fully saturated rings. The van der Waals surface area contributed by atoms with Crippen molar-refractivity contribution >= 4 is 50.8 Å². The van der Waals surface area contributed by atoms with Crippen LogP contribution in [0.1, 0.15) is 48.0 Å². The largest absolute Gasteiger partial charge is 0.339 e. The number of amides is 1. The van der Waals surface area contributed by atoms with Crippen LogP contribution in [0.5, 0.6) is 0 Å². The first-order valence-corrected chi connectivity index (χ1v) is 13.0. The highest BCUT2D eigenvalue weighted by Gasteiger charge is 2.20. The number of aromatic amines is 1. The number of nitrogens with one attached hydrogen (secondary N) is 1. The highest BCUT2D eigenvalue weighted by Crippen LogP contribution is 2.33. The lowest BCUT2D eigenvalue weighted by Crippen LogP contribution is -2.30. The molecule has 0 aliphatic heterocycles. The highest BCUT2D eigenvalue weighted by atomic mass is 35.5. The van der Waals surface area contributed by atoms with Crippen LogP contribution in [0.25, 0.3) is 10.2 Å². The minimum absolute atomic E-state index is 0.0204. The van der Waals surface area contributed by atoms with Crippen LogP contribution >= 0.6 is 34.7 Å². The molecule has 0 spiro atoms. The van der Waals surface area contributed by atoms with Crippen molar-refractivity contribution in [1.82, 2.24) is 14.9 Å². The van der Waals surface area contributed by atoms with Crippen molar-refractivity contribution in [1.29, 1.82) is 0 Å². The molecule has 1 N–H and O–H groups in total. The van der Waals surface area contributed by atoms with Crippen molar-refractivity contribution < 1.29 is 4.79 Å². The minimum atomic E-state index is -0.0204. The van der Waals surface area contributed by atoms with Gasteiger partial charge in [0.1, 0.15) is 10.7 Å². The summed E-state index contributed by atoms with van der Waals surface area (Å²) >= 11 is 9.53. The number of halogens is 1. The van der Waals surface area contributed by atoms with E-state index < -0.39 is 0 Å². The van der Waals surface area contributed by atoms with Crippen LogP contribution in [0.4, 0.5) is 0 Å². The maximum Gasteiger partial charge on any atom is 0.259 e. The lowest BCUT2D eigenvalue weighted by Gasteiger charge is -2.21. The molecule has 5 nitrogen and oxygen atoms in total. The van der Waals surface area contributed by atoms with Crippen LogP contribution < -0.4 is 5.56 Å². The molecule has 0 saturated heterocycles. The van der Waals surface area contributed by atoms with Crippen LogP contribution in [0, 0.1) is 0 Å². The van der Waals surface area contributed by atoms with E-state index in [1.165, 1.54) is 16.9 Å². The Kier molecular flexibility index (Phi) is 7.35.